The summed E-state index contributed by atoms with van der Waals surface area (Å²) < 4.78 is 71.0. The number of pyridine rings is 1. The molecule has 0 saturated carbocycles. The topological polar surface area (TPSA) is 54.5 Å². The van der Waals surface area contributed by atoms with Crippen molar-refractivity contribution in [2.75, 3.05) is 25.6 Å². The molecule has 3 rings (SSSR count). The van der Waals surface area contributed by atoms with Gasteiger partial charge in [0.1, 0.15) is 17.6 Å². The van der Waals surface area contributed by atoms with E-state index in [9.17, 15) is 26.7 Å². The lowest BCUT2D eigenvalue weighted by Crippen LogP contribution is -2.40. The van der Waals surface area contributed by atoms with Crippen molar-refractivity contribution in [2.45, 2.75) is 25.1 Å². The Balaban J connectivity index is 1.91. The molecule has 1 amide bonds. The first-order valence-corrected chi connectivity index (χ1v) is 10.7. The molecule has 1 aromatic heterocycles. The van der Waals surface area contributed by atoms with Crippen LogP contribution in [0.15, 0.2) is 60.8 Å². The van der Waals surface area contributed by atoms with E-state index in [1.165, 1.54) is 68.9 Å². The van der Waals surface area contributed by atoms with Crippen molar-refractivity contribution in [1.82, 2.24) is 10.3 Å². The van der Waals surface area contributed by atoms with Crippen molar-refractivity contribution in [3.63, 3.8) is 0 Å². The van der Waals surface area contributed by atoms with E-state index in [4.69, 9.17) is 4.74 Å². The highest BCUT2D eigenvalue weighted by Crippen LogP contribution is 2.32. The summed E-state index contributed by atoms with van der Waals surface area (Å²) in [7, 11) is 2.79. The van der Waals surface area contributed by atoms with Crippen LogP contribution in [0, 0.1) is 11.6 Å². The van der Waals surface area contributed by atoms with E-state index in [0.717, 1.165) is 6.07 Å². The Morgan fingerprint density at radius 3 is 2.37 bits per heavy atom. The summed E-state index contributed by atoms with van der Waals surface area (Å²) in [5.74, 6) is -1.44. The molecule has 186 valence electrons. The number of nitrogens with zero attached hydrogens (tertiary/aromatic N) is 2. The SMILES string of the molecule is CNC(=O)C(c1ccc(F)cc1)N(CCCc1ccc(C(F)(F)F)nc1)c1ccc(F)c(OC)c1. The summed E-state index contributed by atoms with van der Waals surface area (Å²) in [6.07, 6.45) is -2.54. The van der Waals surface area contributed by atoms with E-state index in [1.807, 2.05) is 0 Å². The Bertz CT molecular complexity index is 1140. The molecule has 1 N–H and O–H groups in total. The predicted molar refractivity (Wildman–Crippen MR) is 121 cm³/mol. The van der Waals surface area contributed by atoms with Gasteiger partial charge in [-0.1, -0.05) is 18.2 Å². The van der Waals surface area contributed by atoms with Gasteiger partial charge in [0.25, 0.3) is 0 Å². The second kappa shape index (κ2) is 11.2. The Kier molecular flexibility index (Phi) is 8.26. The summed E-state index contributed by atoms with van der Waals surface area (Å²) in [4.78, 5) is 18.1. The molecule has 0 fully saturated rings. The maximum absolute atomic E-state index is 14.1. The van der Waals surface area contributed by atoms with E-state index in [2.05, 4.69) is 10.3 Å². The molecular weight excluding hydrogens is 469 g/mol. The Hall–Kier alpha value is -3.69. The summed E-state index contributed by atoms with van der Waals surface area (Å²) in [5, 5.41) is 2.60. The minimum absolute atomic E-state index is 0.0193. The number of alkyl halides is 3. The number of hydrogen-bond donors (Lipinski definition) is 1. The fraction of sp³-hybridized carbons (Fsp3) is 0.280. The number of ether oxygens (including phenoxy) is 1. The van der Waals surface area contributed by atoms with Crippen LogP contribution in [0.1, 0.15) is 29.3 Å². The largest absolute Gasteiger partial charge is 0.494 e. The fourth-order valence-electron chi connectivity index (χ4n) is 3.68. The number of nitrogens with one attached hydrogen (secondary N) is 1. The van der Waals surface area contributed by atoms with Crippen LogP contribution in [0.25, 0.3) is 0 Å². The number of benzene rings is 2. The van der Waals surface area contributed by atoms with Gasteiger partial charge in [0.05, 0.1) is 7.11 Å². The minimum Gasteiger partial charge on any atom is -0.494 e. The number of rotatable bonds is 9. The van der Waals surface area contributed by atoms with Gasteiger partial charge < -0.3 is 15.0 Å². The normalized spacial score (nSPS) is 12.2. The van der Waals surface area contributed by atoms with Crippen LogP contribution in [0.2, 0.25) is 0 Å². The predicted octanol–water partition coefficient (Wildman–Crippen LogP) is 5.31. The van der Waals surface area contributed by atoms with Crippen LogP contribution in [-0.2, 0) is 17.4 Å². The second-order valence-corrected chi connectivity index (χ2v) is 7.73. The average molecular weight is 493 g/mol. The molecule has 1 atom stereocenters. The third-order valence-electron chi connectivity index (χ3n) is 5.44. The lowest BCUT2D eigenvalue weighted by Gasteiger charge is -2.33. The molecule has 3 aromatic rings. The van der Waals surface area contributed by atoms with Crippen molar-refractivity contribution in [3.05, 3.63) is 89.2 Å². The zero-order valence-electron chi connectivity index (χ0n) is 19.1. The molecule has 0 saturated heterocycles. The molecule has 10 heteroatoms. The van der Waals surface area contributed by atoms with Crippen LogP contribution in [0.4, 0.5) is 27.6 Å². The van der Waals surface area contributed by atoms with Gasteiger partial charge in [-0.15, -0.1) is 0 Å². The van der Waals surface area contributed by atoms with Crippen molar-refractivity contribution < 1.29 is 31.5 Å². The van der Waals surface area contributed by atoms with E-state index in [1.54, 1.807) is 4.90 Å². The Labute approximate surface area is 199 Å². The smallest absolute Gasteiger partial charge is 0.433 e. The number of carbonyl (C=O) groups is 1. The summed E-state index contributed by atoms with van der Waals surface area (Å²) in [5.41, 5.74) is 0.599. The van der Waals surface area contributed by atoms with Crippen LogP contribution in [0.5, 0.6) is 5.75 Å². The van der Waals surface area contributed by atoms with Crippen LogP contribution >= 0.6 is 0 Å². The van der Waals surface area contributed by atoms with E-state index in [-0.39, 0.29) is 18.2 Å². The molecule has 0 spiro atoms. The molecule has 0 aliphatic rings. The number of likely N-dealkylation sites (N-methyl/N-ethyl adjacent to an activating group) is 1. The number of anilines is 1. The molecule has 0 bridgehead atoms. The molecule has 0 aliphatic carbocycles. The molecule has 5 nitrogen and oxygen atoms in total. The van der Waals surface area contributed by atoms with Crippen molar-refractivity contribution in [2.24, 2.45) is 0 Å². The first-order chi connectivity index (χ1) is 16.6. The molecule has 35 heavy (non-hydrogen) atoms. The van der Waals surface area contributed by atoms with Crippen molar-refractivity contribution in [1.29, 1.82) is 0 Å². The van der Waals surface area contributed by atoms with Gasteiger partial charge in [-0.05, 0) is 54.3 Å². The number of halogens is 5. The zero-order chi connectivity index (χ0) is 25.6. The van der Waals surface area contributed by atoms with Crippen LogP contribution < -0.4 is 15.0 Å². The van der Waals surface area contributed by atoms with Gasteiger partial charge in [-0.3, -0.25) is 9.78 Å². The molecule has 1 unspecified atom stereocenters. The first kappa shape index (κ1) is 25.9. The van der Waals surface area contributed by atoms with Gasteiger partial charge in [0.15, 0.2) is 11.6 Å². The Morgan fingerprint density at radius 1 is 1.09 bits per heavy atom. The van der Waals surface area contributed by atoms with Crippen molar-refractivity contribution in [3.8, 4) is 5.75 Å². The average Bonchev–Trinajstić information content (AvgIpc) is 2.84. The third-order valence-corrected chi connectivity index (χ3v) is 5.44. The number of aryl methyl sites for hydroxylation is 1. The van der Waals surface area contributed by atoms with Crippen LogP contribution in [-0.4, -0.2) is 31.6 Å². The second-order valence-electron chi connectivity index (χ2n) is 7.73. The minimum atomic E-state index is -4.52. The van der Waals surface area contributed by atoms with E-state index >= 15 is 0 Å². The highest BCUT2D eigenvalue weighted by molar-refractivity contribution is 5.86. The summed E-state index contributed by atoms with van der Waals surface area (Å²) >= 11 is 0. The molecule has 1 heterocycles. The number of methoxy groups -OCH3 is 1. The summed E-state index contributed by atoms with van der Waals surface area (Å²) in [6.45, 7) is 0.269. The maximum Gasteiger partial charge on any atom is 0.433 e. The van der Waals surface area contributed by atoms with Gasteiger partial charge in [0, 0.05) is 31.5 Å². The molecule has 0 radical (unpaired) electrons. The van der Waals surface area contributed by atoms with Crippen LogP contribution in [0.3, 0.4) is 0 Å². The number of aromatic nitrogens is 1. The van der Waals surface area contributed by atoms with Gasteiger partial charge >= 0.3 is 6.18 Å². The van der Waals surface area contributed by atoms with E-state index < -0.39 is 29.5 Å². The highest BCUT2D eigenvalue weighted by Gasteiger charge is 2.32. The number of hydrogen-bond acceptors (Lipinski definition) is 4. The molecular formula is C25H24F5N3O2. The monoisotopic (exact) mass is 493 g/mol. The highest BCUT2D eigenvalue weighted by atomic mass is 19.4. The molecule has 2 aromatic carbocycles. The molecule has 0 aliphatic heterocycles. The van der Waals surface area contributed by atoms with Gasteiger partial charge in [0.2, 0.25) is 5.91 Å². The number of carbonyl (C=O) groups excluding carboxylic acids is 1. The third kappa shape index (κ3) is 6.46. The first-order valence-electron chi connectivity index (χ1n) is 10.7. The Morgan fingerprint density at radius 2 is 1.80 bits per heavy atom. The maximum atomic E-state index is 14.1. The van der Waals surface area contributed by atoms with E-state index in [0.29, 0.717) is 29.7 Å². The number of amides is 1. The fourth-order valence-corrected chi connectivity index (χ4v) is 3.68. The lowest BCUT2D eigenvalue weighted by molar-refractivity contribution is -0.141. The zero-order valence-corrected chi connectivity index (χ0v) is 19.1. The lowest BCUT2D eigenvalue weighted by atomic mass is 10.0. The van der Waals surface area contributed by atoms with Gasteiger partial charge in [-0.25, -0.2) is 8.78 Å². The quantitative estimate of drug-likeness (QED) is 0.411. The van der Waals surface area contributed by atoms with Crippen molar-refractivity contribution >= 4 is 11.6 Å². The van der Waals surface area contributed by atoms with Gasteiger partial charge in [-0.2, -0.15) is 13.2 Å². The summed E-state index contributed by atoms with van der Waals surface area (Å²) in [6, 6.07) is 11.0. The standard InChI is InChI=1S/C25H24F5N3O2/c1-31-24(34)23(17-6-8-18(26)9-7-17)33(19-10-11-20(27)21(14-19)35-2)13-3-4-16-5-12-22(32-15-16)25(28,29)30/h5-12,14-15,23H,3-4,13H2,1-2H3,(H,31,34).